The minimum atomic E-state index is -2.51. The highest BCUT2D eigenvalue weighted by Crippen LogP contribution is 2.42. The Bertz CT molecular complexity index is 1300. The fraction of sp³-hybridized carbons (Fsp3) is 0.208. The van der Waals surface area contributed by atoms with Crippen molar-refractivity contribution in [2.75, 3.05) is 6.61 Å². The van der Waals surface area contributed by atoms with Gasteiger partial charge in [-0.15, -0.1) is 0 Å². The first kappa shape index (κ1) is 26.8. The van der Waals surface area contributed by atoms with Gasteiger partial charge in [-0.2, -0.15) is 17.6 Å². The molecule has 0 heterocycles. The van der Waals surface area contributed by atoms with E-state index in [9.17, 15) is 45.0 Å². The molecule has 0 unspecified atom stereocenters. The molecule has 0 aliphatic carbocycles. The van der Waals surface area contributed by atoms with Crippen LogP contribution in [0.15, 0.2) is 18.2 Å². The Kier molecular flexibility index (Phi) is 7.75. The van der Waals surface area contributed by atoms with Gasteiger partial charge >= 0.3 is 5.97 Å². The first-order valence-electron chi connectivity index (χ1n) is 10.3. The molecule has 3 aromatic carbocycles. The van der Waals surface area contributed by atoms with E-state index in [0.29, 0.717) is 12.0 Å². The van der Waals surface area contributed by atoms with Gasteiger partial charge in [0.2, 0.25) is 29.0 Å². The van der Waals surface area contributed by atoms with Crippen LogP contribution >= 0.6 is 0 Å². The lowest BCUT2D eigenvalue weighted by Crippen LogP contribution is -2.14. The van der Waals surface area contributed by atoms with Gasteiger partial charge in [-0.05, 0) is 31.0 Å². The summed E-state index contributed by atoms with van der Waals surface area (Å²) in [6, 6.07) is 3.37. The first-order chi connectivity index (χ1) is 16.9. The fourth-order valence-electron chi connectivity index (χ4n) is 3.16. The van der Waals surface area contributed by atoms with E-state index in [1.165, 1.54) is 13.0 Å². The third-order valence-electron chi connectivity index (χ3n) is 5.01. The minimum absolute atomic E-state index is 0.240. The number of hydrogen-bond donors (Lipinski definition) is 1. The molecule has 3 aromatic rings. The number of halogens is 8. The molecule has 0 aliphatic rings. The van der Waals surface area contributed by atoms with Crippen LogP contribution in [0.2, 0.25) is 0 Å². The van der Waals surface area contributed by atoms with Crippen LogP contribution in [0, 0.1) is 53.5 Å². The van der Waals surface area contributed by atoms with Gasteiger partial charge in [-0.25, -0.2) is 22.4 Å². The van der Waals surface area contributed by atoms with Crippen molar-refractivity contribution in [2.24, 2.45) is 0 Å². The van der Waals surface area contributed by atoms with E-state index in [1.807, 2.05) is 0 Å². The molecule has 0 aliphatic heterocycles. The third-order valence-corrected chi connectivity index (χ3v) is 5.01. The Morgan fingerprint density at radius 2 is 1.25 bits per heavy atom. The van der Waals surface area contributed by atoms with E-state index < -0.39 is 86.4 Å². The van der Waals surface area contributed by atoms with Gasteiger partial charge in [0.25, 0.3) is 0 Å². The maximum absolute atomic E-state index is 14.7. The first-order valence-corrected chi connectivity index (χ1v) is 10.3. The second kappa shape index (κ2) is 10.4. The molecule has 0 fully saturated rings. The lowest BCUT2D eigenvalue weighted by Gasteiger charge is -2.16. The largest absolute Gasteiger partial charge is 0.507 e. The van der Waals surface area contributed by atoms with Crippen LogP contribution in [0.1, 0.15) is 35.7 Å². The zero-order valence-electron chi connectivity index (χ0n) is 18.5. The summed E-state index contributed by atoms with van der Waals surface area (Å²) in [5.41, 5.74) is -4.37. The summed E-state index contributed by atoms with van der Waals surface area (Å²) in [7, 11) is 0. The summed E-state index contributed by atoms with van der Waals surface area (Å²) in [5, 5.41) is 9.78. The minimum Gasteiger partial charge on any atom is -0.507 e. The average Bonchev–Trinajstić information content (AvgIpc) is 2.83. The van der Waals surface area contributed by atoms with Crippen LogP contribution in [0.4, 0.5) is 35.1 Å². The van der Waals surface area contributed by atoms with Crippen molar-refractivity contribution in [2.45, 2.75) is 26.7 Å². The molecule has 0 bridgehead atoms. The molecule has 0 atom stereocenters. The molecule has 0 saturated carbocycles. The number of phenols is 1. The van der Waals surface area contributed by atoms with E-state index in [2.05, 4.69) is 9.47 Å². The molecule has 192 valence electrons. The topological polar surface area (TPSA) is 55.8 Å². The van der Waals surface area contributed by atoms with Crippen molar-refractivity contribution in [1.82, 2.24) is 0 Å². The van der Waals surface area contributed by atoms with Gasteiger partial charge in [0, 0.05) is 0 Å². The second-order valence-corrected chi connectivity index (χ2v) is 7.53. The van der Waals surface area contributed by atoms with Crippen LogP contribution in [0.3, 0.4) is 0 Å². The quantitative estimate of drug-likeness (QED) is 0.121. The summed E-state index contributed by atoms with van der Waals surface area (Å²) >= 11 is 0. The maximum atomic E-state index is 14.7. The average molecular weight is 520 g/mol. The number of hydrogen-bond acceptors (Lipinski definition) is 4. The van der Waals surface area contributed by atoms with Crippen molar-refractivity contribution in [3.63, 3.8) is 0 Å². The van der Waals surface area contributed by atoms with E-state index in [-0.39, 0.29) is 13.0 Å². The van der Waals surface area contributed by atoms with Gasteiger partial charge < -0.3 is 14.6 Å². The number of phenolic OH excluding ortho intramolecular Hbond substituents is 1. The summed E-state index contributed by atoms with van der Waals surface area (Å²) < 4.78 is 125. The van der Waals surface area contributed by atoms with Crippen molar-refractivity contribution in [1.29, 1.82) is 0 Å². The van der Waals surface area contributed by atoms with Crippen LogP contribution in [0.5, 0.6) is 17.2 Å². The molecule has 12 heteroatoms. The molecular weight excluding hydrogens is 504 g/mol. The van der Waals surface area contributed by atoms with Crippen LogP contribution in [-0.4, -0.2) is 17.7 Å². The number of ether oxygens (including phenoxy) is 2. The van der Waals surface area contributed by atoms with E-state index >= 15 is 0 Å². The normalized spacial score (nSPS) is 11.1. The van der Waals surface area contributed by atoms with Crippen LogP contribution in [0.25, 0.3) is 11.1 Å². The van der Waals surface area contributed by atoms with E-state index in [1.54, 1.807) is 6.92 Å². The summed E-state index contributed by atoms with van der Waals surface area (Å²) in [6.45, 7) is 2.86. The molecule has 1 N–H and O–H groups in total. The number of carbonyl (C=O) groups is 1. The highest BCUT2D eigenvalue weighted by molar-refractivity contribution is 5.94. The Labute approximate surface area is 198 Å². The van der Waals surface area contributed by atoms with E-state index in [0.717, 1.165) is 12.1 Å². The number of rotatable bonds is 7. The predicted octanol–water partition coefficient (Wildman–Crippen LogP) is 6.88. The van der Waals surface area contributed by atoms with Crippen molar-refractivity contribution in [3.8, 4) is 28.4 Å². The molecule has 0 amide bonds. The fourth-order valence-corrected chi connectivity index (χ4v) is 3.16. The Morgan fingerprint density at radius 3 is 1.69 bits per heavy atom. The third kappa shape index (κ3) is 4.67. The second-order valence-electron chi connectivity index (χ2n) is 7.53. The number of unbranched alkanes of at least 4 members (excludes halogenated alkanes) is 1. The molecule has 0 saturated heterocycles. The highest BCUT2D eigenvalue weighted by Gasteiger charge is 2.36. The number of carbonyl (C=O) groups excluding carboxylic acids is 1. The number of aryl methyl sites for hydroxylation is 1. The lowest BCUT2D eigenvalue weighted by atomic mass is 10.0. The monoisotopic (exact) mass is 520 g/mol. The van der Waals surface area contributed by atoms with Gasteiger partial charge in [0.1, 0.15) is 11.3 Å². The summed E-state index contributed by atoms with van der Waals surface area (Å²) in [4.78, 5) is 12.2. The van der Waals surface area contributed by atoms with E-state index in [4.69, 9.17) is 0 Å². The van der Waals surface area contributed by atoms with Crippen LogP contribution in [-0.2, 0) is 0 Å². The predicted molar refractivity (Wildman–Crippen MR) is 110 cm³/mol. The number of aromatic hydroxyl groups is 1. The molecular formula is C24H16F8O4. The molecule has 0 aromatic heterocycles. The summed E-state index contributed by atoms with van der Waals surface area (Å²) in [5.74, 6) is -24.9. The zero-order valence-corrected chi connectivity index (χ0v) is 18.5. The standard InChI is InChI=1S/C24H16F8O4/c1-3-4-7-35-22-18(29)14(25)12(15(26)19(22)30)13-16(27)20(31)23(21(32)17(13)28)36-24(34)10-6-5-9(2)8-11(10)33/h5-6,8,33H,3-4,7H2,1-2H3. The van der Waals surface area contributed by atoms with Gasteiger partial charge in [0.15, 0.2) is 29.0 Å². The molecule has 3 rings (SSSR count). The number of benzene rings is 3. The molecule has 0 radical (unpaired) electrons. The Hall–Kier alpha value is -3.83. The number of esters is 1. The van der Waals surface area contributed by atoms with Crippen LogP contribution < -0.4 is 9.47 Å². The highest BCUT2D eigenvalue weighted by atomic mass is 19.2. The lowest BCUT2D eigenvalue weighted by molar-refractivity contribution is 0.0714. The van der Waals surface area contributed by atoms with Gasteiger partial charge in [-0.1, -0.05) is 19.4 Å². The zero-order chi connectivity index (χ0) is 26.9. The maximum Gasteiger partial charge on any atom is 0.347 e. The molecule has 4 nitrogen and oxygen atoms in total. The smallest absolute Gasteiger partial charge is 0.347 e. The molecule has 36 heavy (non-hydrogen) atoms. The Morgan fingerprint density at radius 1 is 0.778 bits per heavy atom. The Balaban J connectivity index is 2.13. The van der Waals surface area contributed by atoms with Crippen molar-refractivity contribution in [3.05, 3.63) is 75.9 Å². The molecule has 0 spiro atoms. The van der Waals surface area contributed by atoms with Gasteiger partial charge in [-0.3, -0.25) is 0 Å². The van der Waals surface area contributed by atoms with Crippen molar-refractivity contribution >= 4 is 5.97 Å². The summed E-state index contributed by atoms with van der Waals surface area (Å²) in [6.07, 6.45) is 0.728. The van der Waals surface area contributed by atoms with Crippen molar-refractivity contribution < 1.29 is 54.5 Å². The SMILES string of the molecule is CCCCOc1c(F)c(F)c(-c2c(F)c(F)c(OC(=O)c3ccc(C)cc3O)c(F)c2F)c(F)c1F. The van der Waals surface area contributed by atoms with Gasteiger partial charge in [0.05, 0.1) is 17.7 Å².